The number of urea groups is 1. The molecule has 0 heterocycles. The van der Waals surface area contributed by atoms with Crippen molar-refractivity contribution in [3.63, 3.8) is 0 Å². The lowest BCUT2D eigenvalue weighted by Crippen LogP contribution is -2.30. The van der Waals surface area contributed by atoms with Gasteiger partial charge in [0, 0.05) is 22.4 Å². The molecule has 2 aromatic carbocycles. The van der Waals surface area contributed by atoms with E-state index in [1.54, 1.807) is 38.1 Å². The standard InChI is InChI=1S/C16H18ClN3O3S/c1-11(2)20-24(22,23)15-8-6-13(7-9-15)18-16(21)19-14-5-3-4-12(17)10-14/h3-11,20H,1-2H3,(H2,18,19,21). The first-order valence-electron chi connectivity index (χ1n) is 7.22. The largest absolute Gasteiger partial charge is 0.323 e. The Balaban J connectivity index is 2.02. The molecule has 0 radical (unpaired) electrons. The summed E-state index contributed by atoms with van der Waals surface area (Å²) in [6.45, 7) is 3.49. The van der Waals surface area contributed by atoms with E-state index < -0.39 is 16.1 Å². The van der Waals surface area contributed by atoms with E-state index in [9.17, 15) is 13.2 Å². The summed E-state index contributed by atoms with van der Waals surface area (Å²) in [5.74, 6) is 0. The molecule has 0 aliphatic heterocycles. The molecule has 0 bridgehead atoms. The van der Waals surface area contributed by atoms with Gasteiger partial charge in [0.25, 0.3) is 0 Å². The van der Waals surface area contributed by atoms with E-state index in [0.29, 0.717) is 16.4 Å². The van der Waals surface area contributed by atoms with E-state index in [0.717, 1.165) is 0 Å². The Morgan fingerprint density at radius 2 is 1.62 bits per heavy atom. The van der Waals surface area contributed by atoms with Gasteiger partial charge in [-0.3, -0.25) is 0 Å². The predicted octanol–water partition coefficient (Wildman–Crippen LogP) is 3.67. The van der Waals surface area contributed by atoms with E-state index >= 15 is 0 Å². The van der Waals surface area contributed by atoms with Crippen molar-refractivity contribution in [2.45, 2.75) is 24.8 Å². The molecule has 0 saturated heterocycles. The Labute approximate surface area is 146 Å². The van der Waals surface area contributed by atoms with Crippen molar-refractivity contribution in [1.29, 1.82) is 0 Å². The van der Waals surface area contributed by atoms with Crippen molar-refractivity contribution in [3.05, 3.63) is 53.6 Å². The molecule has 24 heavy (non-hydrogen) atoms. The first-order valence-corrected chi connectivity index (χ1v) is 9.08. The number of carbonyl (C=O) groups excluding carboxylic acids is 1. The number of sulfonamides is 1. The molecule has 0 fully saturated rings. The minimum absolute atomic E-state index is 0.136. The van der Waals surface area contributed by atoms with Crippen LogP contribution in [-0.2, 0) is 10.0 Å². The molecule has 0 unspecified atom stereocenters. The lowest BCUT2D eigenvalue weighted by Gasteiger charge is -2.11. The van der Waals surface area contributed by atoms with Crippen LogP contribution in [0.25, 0.3) is 0 Å². The zero-order chi connectivity index (χ0) is 17.7. The molecule has 0 atom stereocenters. The second-order valence-corrected chi connectivity index (χ2v) is 7.54. The lowest BCUT2D eigenvalue weighted by molar-refractivity contribution is 0.262. The molecule has 0 spiro atoms. The van der Waals surface area contributed by atoms with Gasteiger partial charge in [0.05, 0.1) is 4.90 Å². The van der Waals surface area contributed by atoms with E-state index in [2.05, 4.69) is 15.4 Å². The van der Waals surface area contributed by atoms with Crippen LogP contribution in [0.4, 0.5) is 16.2 Å². The number of amides is 2. The summed E-state index contributed by atoms with van der Waals surface area (Å²) in [4.78, 5) is 12.1. The summed E-state index contributed by atoms with van der Waals surface area (Å²) >= 11 is 5.85. The second kappa shape index (κ2) is 7.65. The average molecular weight is 368 g/mol. The molecule has 8 heteroatoms. The third kappa shape index (κ3) is 5.23. The van der Waals surface area contributed by atoms with Crippen LogP contribution in [-0.4, -0.2) is 20.5 Å². The van der Waals surface area contributed by atoms with Crippen molar-refractivity contribution in [2.75, 3.05) is 10.6 Å². The van der Waals surface area contributed by atoms with Gasteiger partial charge < -0.3 is 10.6 Å². The van der Waals surface area contributed by atoms with Crippen molar-refractivity contribution in [1.82, 2.24) is 4.72 Å². The summed E-state index contributed by atoms with van der Waals surface area (Å²) in [6, 6.07) is 12.0. The SMILES string of the molecule is CC(C)NS(=O)(=O)c1ccc(NC(=O)Nc2cccc(Cl)c2)cc1. The zero-order valence-corrected chi connectivity index (χ0v) is 14.8. The van der Waals surface area contributed by atoms with Crippen LogP contribution in [0.5, 0.6) is 0 Å². The van der Waals surface area contributed by atoms with Gasteiger partial charge >= 0.3 is 6.03 Å². The monoisotopic (exact) mass is 367 g/mol. The number of halogens is 1. The number of benzene rings is 2. The Hall–Kier alpha value is -2.09. The van der Waals surface area contributed by atoms with Crippen molar-refractivity contribution < 1.29 is 13.2 Å². The van der Waals surface area contributed by atoms with E-state index in [1.807, 2.05) is 0 Å². The zero-order valence-electron chi connectivity index (χ0n) is 13.2. The van der Waals surface area contributed by atoms with E-state index in [-0.39, 0.29) is 10.9 Å². The highest BCUT2D eigenvalue weighted by atomic mass is 35.5. The third-order valence-corrected chi connectivity index (χ3v) is 4.81. The maximum atomic E-state index is 12.0. The molecular formula is C16H18ClN3O3S. The smallest absolute Gasteiger partial charge is 0.308 e. The van der Waals surface area contributed by atoms with Crippen LogP contribution >= 0.6 is 11.6 Å². The quantitative estimate of drug-likeness (QED) is 0.753. The minimum Gasteiger partial charge on any atom is -0.308 e. The highest BCUT2D eigenvalue weighted by molar-refractivity contribution is 7.89. The van der Waals surface area contributed by atoms with Crippen LogP contribution in [0.3, 0.4) is 0 Å². The van der Waals surface area contributed by atoms with Crippen molar-refractivity contribution >= 4 is 39.0 Å². The first kappa shape index (κ1) is 18.3. The second-order valence-electron chi connectivity index (χ2n) is 5.39. The Bertz CT molecular complexity index is 821. The van der Waals surface area contributed by atoms with E-state index in [1.165, 1.54) is 24.3 Å². The number of carbonyl (C=O) groups is 1. The van der Waals surface area contributed by atoms with Crippen molar-refractivity contribution in [3.8, 4) is 0 Å². The molecule has 6 nitrogen and oxygen atoms in total. The summed E-state index contributed by atoms with van der Waals surface area (Å²) in [5, 5.41) is 5.77. The van der Waals surface area contributed by atoms with Crippen LogP contribution < -0.4 is 15.4 Å². The Kier molecular flexibility index (Phi) is 5.82. The van der Waals surface area contributed by atoms with Gasteiger partial charge in [-0.2, -0.15) is 0 Å². The molecule has 2 rings (SSSR count). The number of anilines is 2. The summed E-state index contributed by atoms with van der Waals surface area (Å²) in [7, 11) is -3.55. The summed E-state index contributed by atoms with van der Waals surface area (Å²) in [6.07, 6.45) is 0. The Morgan fingerprint density at radius 1 is 1.00 bits per heavy atom. The van der Waals surface area contributed by atoms with Crippen LogP contribution in [0.15, 0.2) is 53.4 Å². The fraction of sp³-hybridized carbons (Fsp3) is 0.188. The van der Waals surface area contributed by atoms with Crippen LogP contribution in [0.2, 0.25) is 5.02 Å². The molecule has 0 aliphatic rings. The average Bonchev–Trinajstić information content (AvgIpc) is 2.46. The normalized spacial score (nSPS) is 11.3. The Morgan fingerprint density at radius 3 is 2.21 bits per heavy atom. The topological polar surface area (TPSA) is 87.3 Å². The first-order chi connectivity index (χ1) is 11.3. The highest BCUT2D eigenvalue weighted by Crippen LogP contribution is 2.17. The summed E-state index contributed by atoms with van der Waals surface area (Å²) in [5.41, 5.74) is 1.03. The minimum atomic E-state index is -3.55. The maximum absolute atomic E-state index is 12.0. The number of rotatable bonds is 5. The third-order valence-electron chi connectivity index (χ3n) is 2.90. The summed E-state index contributed by atoms with van der Waals surface area (Å²) < 4.78 is 26.5. The predicted molar refractivity (Wildman–Crippen MR) is 96.0 cm³/mol. The fourth-order valence-electron chi connectivity index (χ4n) is 1.96. The van der Waals surface area contributed by atoms with Gasteiger partial charge in [-0.05, 0) is 56.3 Å². The number of nitrogens with one attached hydrogen (secondary N) is 3. The van der Waals surface area contributed by atoms with Gasteiger partial charge in [-0.1, -0.05) is 17.7 Å². The molecule has 0 saturated carbocycles. The van der Waals surface area contributed by atoms with Gasteiger partial charge in [0.15, 0.2) is 0 Å². The molecule has 0 aromatic heterocycles. The molecule has 128 valence electrons. The van der Waals surface area contributed by atoms with Crippen molar-refractivity contribution in [2.24, 2.45) is 0 Å². The lowest BCUT2D eigenvalue weighted by atomic mass is 10.3. The molecule has 0 aliphatic carbocycles. The molecule has 3 N–H and O–H groups in total. The fourth-order valence-corrected chi connectivity index (χ4v) is 3.40. The highest BCUT2D eigenvalue weighted by Gasteiger charge is 2.15. The van der Waals surface area contributed by atoms with Crippen LogP contribution in [0.1, 0.15) is 13.8 Å². The van der Waals surface area contributed by atoms with Gasteiger partial charge in [-0.25, -0.2) is 17.9 Å². The van der Waals surface area contributed by atoms with Crippen LogP contribution in [0, 0.1) is 0 Å². The molecule has 2 aromatic rings. The van der Waals surface area contributed by atoms with Gasteiger partial charge in [0.2, 0.25) is 10.0 Å². The maximum Gasteiger partial charge on any atom is 0.323 e. The van der Waals surface area contributed by atoms with Gasteiger partial charge in [0.1, 0.15) is 0 Å². The number of hydrogen-bond acceptors (Lipinski definition) is 3. The number of hydrogen-bond donors (Lipinski definition) is 3. The van der Waals surface area contributed by atoms with E-state index in [4.69, 9.17) is 11.6 Å². The molecule has 2 amide bonds. The van der Waals surface area contributed by atoms with Gasteiger partial charge in [-0.15, -0.1) is 0 Å². The molecular weight excluding hydrogens is 350 g/mol.